The number of nitrogens with two attached hydrogens (primary N) is 1. The number of alkyl carbamates (subject to hydrolysis) is 1. The number of hydrogen-bond acceptors (Lipinski definition) is 9. The summed E-state index contributed by atoms with van der Waals surface area (Å²) in [6.07, 6.45) is -0.387. The maximum Gasteiger partial charge on any atom is 0.408 e. The lowest BCUT2D eigenvalue weighted by atomic mass is 9.94. The summed E-state index contributed by atoms with van der Waals surface area (Å²) in [5.41, 5.74) is 7.85. The van der Waals surface area contributed by atoms with Gasteiger partial charge in [0.15, 0.2) is 5.78 Å². The zero-order chi connectivity index (χ0) is 29.4. The molecule has 0 spiro atoms. The van der Waals surface area contributed by atoms with Crippen LogP contribution in [0, 0.1) is 6.92 Å². The number of benzene rings is 3. The molecule has 0 unspecified atom stereocenters. The number of amides is 1. The van der Waals surface area contributed by atoms with Crippen LogP contribution in [-0.2, 0) is 22.6 Å². The van der Waals surface area contributed by atoms with Crippen LogP contribution in [0.1, 0.15) is 39.9 Å². The van der Waals surface area contributed by atoms with Gasteiger partial charge in [-0.05, 0) is 36.1 Å². The van der Waals surface area contributed by atoms with Crippen LogP contribution in [0.5, 0.6) is 0 Å². The third-order valence-electron chi connectivity index (χ3n) is 6.43. The van der Waals surface area contributed by atoms with E-state index in [0.29, 0.717) is 5.56 Å². The lowest BCUT2D eigenvalue weighted by Gasteiger charge is -2.20. The van der Waals surface area contributed by atoms with Crippen molar-refractivity contribution in [2.75, 3.05) is 17.6 Å². The van der Waals surface area contributed by atoms with E-state index >= 15 is 0 Å². The maximum absolute atomic E-state index is 13.9. The van der Waals surface area contributed by atoms with Crippen LogP contribution >= 0.6 is 0 Å². The predicted octanol–water partition coefficient (Wildman–Crippen LogP) is 4.08. The van der Waals surface area contributed by atoms with E-state index in [9.17, 15) is 19.2 Å². The molecule has 0 aliphatic rings. The number of Topliss-reactive ketones (excluding diaryl/α,β-unsaturated/α-hetero) is 1. The lowest BCUT2D eigenvalue weighted by molar-refractivity contribution is -0.137. The van der Waals surface area contributed by atoms with Crippen molar-refractivity contribution in [2.45, 2.75) is 38.8 Å². The fourth-order valence-electron chi connectivity index (χ4n) is 4.30. The molecule has 5 N–H and O–H groups in total. The minimum absolute atomic E-state index is 0.0259. The summed E-state index contributed by atoms with van der Waals surface area (Å²) in [5, 5.41) is 14.4. The average molecular weight is 559 g/mol. The molecule has 4 aromatic rings. The standard InChI is InChI=1S/C30H30N4O7/c1-18-25-22(33-29(41-28(25)38)32-14-8-13-24(35)36)16-21(26(18)31)27(37)23(15-19-9-4-2-5-10-19)34-30(39)40-17-20-11-6-3-7-12-20/h2-7,9-12,16,23H,8,13-15,17,31H2,1H3,(H,32,33)(H,34,39)(H,35,36)/t23-/m0/s1. The fourth-order valence-corrected chi connectivity index (χ4v) is 4.30. The second kappa shape index (κ2) is 13.2. The first-order valence-corrected chi connectivity index (χ1v) is 13.0. The lowest BCUT2D eigenvalue weighted by Crippen LogP contribution is -2.43. The molecule has 0 radical (unpaired) electrons. The second-order valence-corrected chi connectivity index (χ2v) is 9.40. The van der Waals surface area contributed by atoms with Gasteiger partial charge in [-0.15, -0.1) is 0 Å². The molecule has 11 nitrogen and oxygen atoms in total. The Labute approximate surface area is 235 Å². The van der Waals surface area contributed by atoms with Crippen LogP contribution in [0.25, 0.3) is 10.9 Å². The normalized spacial score (nSPS) is 11.5. The smallest absolute Gasteiger partial charge is 0.408 e. The number of carbonyl (C=O) groups excluding carboxylic acids is 2. The first-order chi connectivity index (χ1) is 19.7. The number of nitrogens with one attached hydrogen (secondary N) is 2. The Morgan fingerprint density at radius 1 is 1.05 bits per heavy atom. The number of anilines is 2. The number of aromatic nitrogens is 1. The van der Waals surface area contributed by atoms with Crippen molar-refractivity contribution in [3.63, 3.8) is 0 Å². The average Bonchev–Trinajstić information content (AvgIpc) is 2.96. The number of ketones is 1. The van der Waals surface area contributed by atoms with Crippen molar-refractivity contribution in [3.8, 4) is 0 Å². The molecule has 0 saturated heterocycles. The SMILES string of the molecule is Cc1c(N)c(C(=O)[C@H](Cc2ccccc2)NC(=O)OCc2ccccc2)cc2nc(NCCCC(=O)O)oc(=O)c12. The Hall–Kier alpha value is -5.19. The third-order valence-corrected chi connectivity index (χ3v) is 6.43. The van der Waals surface area contributed by atoms with Crippen molar-refractivity contribution >= 4 is 40.5 Å². The van der Waals surface area contributed by atoms with Crippen LogP contribution in [0.4, 0.5) is 16.5 Å². The maximum atomic E-state index is 13.9. The van der Waals surface area contributed by atoms with Crippen LogP contribution < -0.4 is 22.0 Å². The van der Waals surface area contributed by atoms with E-state index in [1.54, 1.807) is 6.92 Å². The van der Waals surface area contributed by atoms with E-state index in [0.717, 1.165) is 11.1 Å². The molecule has 0 aliphatic heterocycles. The van der Waals surface area contributed by atoms with Gasteiger partial charge in [-0.2, -0.15) is 4.98 Å². The number of aliphatic carboxylic acids is 1. The Balaban J connectivity index is 1.62. The van der Waals surface area contributed by atoms with Crippen molar-refractivity contribution in [1.29, 1.82) is 0 Å². The topological polar surface area (TPSA) is 174 Å². The van der Waals surface area contributed by atoms with Crippen molar-refractivity contribution in [1.82, 2.24) is 10.3 Å². The number of carboxylic acid groups (broad SMARTS) is 1. The van der Waals surface area contributed by atoms with Crippen LogP contribution in [0.15, 0.2) is 75.9 Å². The number of carboxylic acids is 1. The second-order valence-electron chi connectivity index (χ2n) is 9.40. The van der Waals surface area contributed by atoms with Gasteiger partial charge in [0, 0.05) is 30.6 Å². The van der Waals surface area contributed by atoms with Gasteiger partial charge >= 0.3 is 17.7 Å². The third kappa shape index (κ3) is 7.47. The first-order valence-electron chi connectivity index (χ1n) is 13.0. The van der Waals surface area contributed by atoms with E-state index in [-0.39, 0.29) is 60.6 Å². The van der Waals surface area contributed by atoms with E-state index < -0.39 is 29.5 Å². The molecule has 0 bridgehead atoms. The van der Waals surface area contributed by atoms with Crippen LogP contribution in [0.3, 0.4) is 0 Å². The molecule has 41 heavy (non-hydrogen) atoms. The molecule has 0 saturated carbocycles. The summed E-state index contributed by atoms with van der Waals surface area (Å²) < 4.78 is 10.6. The summed E-state index contributed by atoms with van der Waals surface area (Å²) in [6, 6.07) is 18.6. The minimum Gasteiger partial charge on any atom is -0.481 e. The van der Waals surface area contributed by atoms with Gasteiger partial charge in [0.1, 0.15) is 6.61 Å². The summed E-state index contributed by atoms with van der Waals surface area (Å²) in [6.45, 7) is 1.82. The molecule has 0 aliphatic carbocycles. The highest BCUT2D eigenvalue weighted by atomic mass is 16.5. The van der Waals surface area contributed by atoms with E-state index in [1.165, 1.54) is 6.07 Å². The van der Waals surface area contributed by atoms with Gasteiger partial charge in [-0.25, -0.2) is 9.59 Å². The summed E-state index contributed by atoms with van der Waals surface area (Å²) in [4.78, 5) is 54.4. The highest BCUT2D eigenvalue weighted by Gasteiger charge is 2.27. The number of ether oxygens (including phenoxy) is 1. The summed E-state index contributed by atoms with van der Waals surface area (Å²) in [7, 11) is 0. The number of aryl methyl sites for hydroxylation is 1. The summed E-state index contributed by atoms with van der Waals surface area (Å²) >= 11 is 0. The van der Waals surface area contributed by atoms with Gasteiger partial charge in [-0.1, -0.05) is 60.7 Å². The number of nitrogens with zero attached hydrogens (tertiary/aromatic N) is 1. The van der Waals surface area contributed by atoms with E-state index in [2.05, 4.69) is 15.6 Å². The molecule has 4 rings (SSSR count). The Morgan fingerprint density at radius 3 is 2.37 bits per heavy atom. The van der Waals surface area contributed by atoms with Crippen molar-refractivity contribution in [2.24, 2.45) is 0 Å². The van der Waals surface area contributed by atoms with Gasteiger partial charge in [0.2, 0.25) is 0 Å². The highest BCUT2D eigenvalue weighted by molar-refractivity contribution is 6.09. The largest absolute Gasteiger partial charge is 0.481 e. The quantitative estimate of drug-likeness (QED) is 0.113. The molecular weight excluding hydrogens is 528 g/mol. The molecule has 0 fully saturated rings. The van der Waals surface area contributed by atoms with Gasteiger partial charge in [-0.3, -0.25) is 9.59 Å². The Bertz CT molecular complexity index is 1600. The molecular formula is C30H30N4O7. The number of nitrogen functional groups attached to an aromatic ring is 1. The zero-order valence-electron chi connectivity index (χ0n) is 22.4. The monoisotopic (exact) mass is 558 g/mol. The number of fused-ring (bicyclic) bond motifs is 1. The highest BCUT2D eigenvalue weighted by Crippen LogP contribution is 2.27. The molecule has 1 atom stereocenters. The Kier molecular flexibility index (Phi) is 9.31. The van der Waals surface area contributed by atoms with Crippen LogP contribution in [0.2, 0.25) is 0 Å². The van der Waals surface area contributed by atoms with Gasteiger partial charge in [0.05, 0.1) is 16.9 Å². The molecule has 11 heteroatoms. The molecule has 3 aromatic carbocycles. The Morgan fingerprint density at radius 2 is 1.71 bits per heavy atom. The van der Waals surface area contributed by atoms with Gasteiger partial charge < -0.3 is 30.6 Å². The number of carbonyl (C=O) groups is 3. The van der Waals surface area contributed by atoms with Crippen LogP contribution in [-0.4, -0.2) is 40.5 Å². The van der Waals surface area contributed by atoms with Crippen molar-refractivity contribution in [3.05, 3.63) is 99.4 Å². The predicted molar refractivity (Wildman–Crippen MR) is 153 cm³/mol. The minimum atomic E-state index is -1.03. The summed E-state index contributed by atoms with van der Waals surface area (Å²) in [5.74, 6) is -1.43. The molecule has 1 heterocycles. The van der Waals surface area contributed by atoms with Crippen molar-refractivity contribution < 1.29 is 28.6 Å². The van der Waals surface area contributed by atoms with E-state index in [1.807, 2.05) is 60.7 Å². The molecule has 1 amide bonds. The van der Waals surface area contributed by atoms with Gasteiger partial charge in [0.25, 0.3) is 6.01 Å². The first kappa shape index (κ1) is 28.8. The molecule has 1 aromatic heterocycles. The van der Waals surface area contributed by atoms with E-state index in [4.69, 9.17) is 20.0 Å². The number of rotatable bonds is 12. The number of hydrogen-bond donors (Lipinski definition) is 4. The fraction of sp³-hybridized carbons (Fsp3) is 0.233. The molecule has 212 valence electrons. The zero-order valence-corrected chi connectivity index (χ0v) is 22.4.